The Kier molecular flexibility index (Phi) is 8.46. The highest BCUT2D eigenvalue weighted by Gasteiger charge is 2.32. The molecule has 13 heteroatoms. The minimum atomic E-state index is -4.86. The lowest BCUT2D eigenvalue weighted by Crippen LogP contribution is -2.38. The second-order valence-corrected chi connectivity index (χ2v) is 9.61. The topological polar surface area (TPSA) is 97.4 Å². The number of ether oxygens (including phenoxy) is 3. The van der Waals surface area contributed by atoms with Crippen molar-refractivity contribution < 1.29 is 40.6 Å². The van der Waals surface area contributed by atoms with Crippen LogP contribution in [0.2, 0.25) is 0 Å². The van der Waals surface area contributed by atoms with Gasteiger partial charge in [0.15, 0.2) is 0 Å². The third kappa shape index (κ3) is 7.23. The van der Waals surface area contributed by atoms with Gasteiger partial charge in [-0.1, -0.05) is 0 Å². The summed E-state index contributed by atoms with van der Waals surface area (Å²) in [4.78, 5) is 14.3. The Morgan fingerprint density at radius 2 is 1.66 bits per heavy atom. The van der Waals surface area contributed by atoms with E-state index in [1.807, 2.05) is 4.90 Å². The smallest absolute Gasteiger partial charge is 0.497 e. The van der Waals surface area contributed by atoms with Gasteiger partial charge in [-0.05, 0) is 49.4 Å². The predicted octanol–water partition coefficient (Wildman–Crippen LogP) is 2.94. The lowest BCUT2D eigenvalue weighted by molar-refractivity contribution is -0.274. The van der Waals surface area contributed by atoms with Crippen molar-refractivity contribution in [2.24, 2.45) is 0 Å². The van der Waals surface area contributed by atoms with Gasteiger partial charge in [-0.3, -0.25) is 9.69 Å². The maximum absolute atomic E-state index is 13.0. The van der Waals surface area contributed by atoms with Crippen molar-refractivity contribution in [3.05, 3.63) is 42.5 Å². The maximum Gasteiger partial charge on any atom is 0.573 e. The number of nitrogens with zero attached hydrogens (tertiary/aromatic N) is 2. The number of hydrogen-bond acceptors (Lipinski definition) is 7. The first kappa shape index (κ1) is 26.6. The molecule has 0 saturated carbocycles. The van der Waals surface area contributed by atoms with Gasteiger partial charge < -0.3 is 19.5 Å². The molecule has 0 aromatic heterocycles. The monoisotopic (exact) mass is 517 g/mol. The molecule has 192 valence electrons. The van der Waals surface area contributed by atoms with Crippen LogP contribution in [0.3, 0.4) is 0 Å². The SMILES string of the molecule is COc1ccc(NC(=O)CN2CCCN(S(=O)(=O)c3ccc(OC(F)(F)F)cc3)CC2)c(OC)c1. The van der Waals surface area contributed by atoms with E-state index in [0.29, 0.717) is 36.7 Å². The predicted molar refractivity (Wildman–Crippen MR) is 121 cm³/mol. The van der Waals surface area contributed by atoms with Crippen molar-refractivity contribution in [1.82, 2.24) is 9.21 Å². The zero-order valence-corrected chi connectivity index (χ0v) is 20.0. The van der Waals surface area contributed by atoms with Crippen molar-refractivity contribution >= 4 is 21.6 Å². The van der Waals surface area contributed by atoms with E-state index >= 15 is 0 Å². The molecule has 0 spiro atoms. The number of amides is 1. The maximum atomic E-state index is 13.0. The van der Waals surface area contributed by atoms with Crippen LogP contribution < -0.4 is 19.5 Å². The van der Waals surface area contributed by atoms with Gasteiger partial charge >= 0.3 is 6.36 Å². The van der Waals surface area contributed by atoms with E-state index in [9.17, 15) is 26.4 Å². The molecule has 0 bridgehead atoms. The van der Waals surface area contributed by atoms with Gasteiger partial charge in [0.05, 0.1) is 31.3 Å². The fourth-order valence-electron chi connectivity index (χ4n) is 3.60. The Hall–Kier alpha value is -3.03. The molecular formula is C22H26F3N3O6S. The van der Waals surface area contributed by atoms with Crippen LogP contribution in [0, 0.1) is 0 Å². The number of halogens is 3. The molecule has 0 unspecified atom stereocenters. The zero-order valence-electron chi connectivity index (χ0n) is 19.2. The van der Waals surface area contributed by atoms with E-state index in [-0.39, 0.29) is 30.4 Å². The largest absolute Gasteiger partial charge is 0.573 e. The van der Waals surface area contributed by atoms with E-state index in [1.165, 1.54) is 18.5 Å². The quantitative estimate of drug-likeness (QED) is 0.575. The molecule has 1 heterocycles. The summed E-state index contributed by atoms with van der Waals surface area (Å²) < 4.78 is 78.4. The van der Waals surface area contributed by atoms with Crippen LogP contribution in [0.5, 0.6) is 17.2 Å². The average Bonchev–Trinajstić information content (AvgIpc) is 3.04. The number of benzene rings is 2. The molecule has 1 saturated heterocycles. The van der Waals surface area contributed by atoms with E-state index in [1.54, 1.807) is 18.2 Å². The molecule has 9 nitrogen and oxygen atoms in total. The summed E-state index contributed by atoms with van der Waals surface area (Å²) in [7, 11) is -0.923. The molecule has 1 amide bonds. The average molecular weight is 518 g/mol. The highest BCUT2D eigenvalue weighted by molar-refractivity contribution is 7.89. The van der Waals surface area contributed by atoms with Crippen molar-refractivity contribution in [2.75, 3.05) is 52.3 Å². The van der Waals surface area contributed by atoms with Crippen molar-refractivity contribution in [3.8, 4) is 17.2 Å². The minimum absolute atomic E-state index is 0.0482. The summed E-state index contributed by atoms with van der Waals surface area (Å²) in [5.41, 5.74) is 0.482. The molecule has 35 heavy (non-hydrogen) atoms. The third-order valence-electron chi connectivity index (χ3n) is 5.29. The fraction of sp³-hybridized carbons (Fsp3) is 0.409. The highest BCUT2D eigenvalue weighted by atomic mass is 32.2. The summed E-state index contributed by atoms with van der Waals surface area (Å²) in [6.45, 7) is 1.20. The van der Waals surface area contributed by atoms with Crippen LogP contribution in [0.25, 0.3) is 0 Å². The third-order valence-corrected chi connectivity index (χ3v) is 7.21. The molecule has 1 fully saturated rings. The number of methoxy groups -OCH3 is 2. The van der Waals surface area contributed by atoms with E-state index in [0.717, 1.165) is 24.3 Å². The van der Waals surface area contributed by atoms with E-state index in [4.69, 9.17) is 9.47 Å². The second kappa shape index (κ2) is 11.1. The summed E-state index contributed by atoms with van der Waals surface area (Å²) in [5.74, 6) is 0.233. The number of alkyl halides is 3. The number of anilines is 1. The lowest BCUT2D eigenvalue weighted by Gasteiger charge is -2.22. The van der Waals surface area contributed by atoms with Crippen molar-refractivity contribution in [2.45, 2.75) is 17.7 Å². The first-order valence-electron chi connectivity index (χ1n) is 10.6. The molecule has 1 aliphatic heterocycles. The Morgan fingerprint density at radius 3 is 2.29 bits per heavy atom. The van der Waals surface area contributed by atoms with Gasteiger partial charge in [0, 0.05) is 25.7 Å². The summed E-state index contributed by atoms with van der Waals surface area (Å²) in [6.07, 6.45) is -4.38. The van der Waals surface area contributed by atoms with Crippen LogP contribution >= 0.6 is 0 Å². The Bertz CT molecular complexity index is 1130. The van der Waals surface area contributed by atoms with Gasteiger partial charge in [0.1, 0.15) is 17.2 Å². The Labute approximate surface area is 201 Å². The summed E-state index contributed by atoms with van der Waals surface area (Å²) >= 11 is 0. The van der Waals surface area contributed by atoms with Gasteiger partial charge in [-0.2, -0.15) is 4.31 Å². The second-order valence-electron chi connectivity index (χ2n) is 7.67. The van der Waals surface area contributed by atoms with E-state index < -0.39 is 22.1 Å². The summed E-state index contributed by atoms with van der Waals surface area (Å²) in [5, 5.41) is 2.78. The fourth-order valence-corrected chi connectivity index (χ4v) is 5.07. The number of carbonyl (C=O) groups excluding carboxylic acids is 1. The normalized spacial score (nSPS) is 15.8. The number of hydrogen-bond donors (Lipinski definition) is 1. The molecule has 0 radical (unpaired) electrons. The van der Waals surface area contributed by atoms with Crippen LogP contribution in [0.15, 0.2) is 47.4 Å². The molecule has 0 aliphatic carbocycles. The number of rotatable bonds is 8. The molecular weight excluding hydrogens is 491 g/mol. The standard InChI is InChI=1S/C22H26F3N3O6S/c1-32-17-6-9-19(20(14-17)33-2)26-21(29)15-27-10-3-11-28(13-12-27)35(30,31)18-7-4-16(5-8-18)34-22(23,24)25/h4-9,14H,3,10-13,15H2,1-2H3,(H,26,29). The van der Waals surface area contributed by atoms with Gasteiger partial charge in [-0.15, -0.1) is 13.2 Å². The molecule has 2 aromatic carbocycles. The van der Waals surface area contributed by atoms with Crippen LogP contribution in [-0.4, -0.2) is 76.8 Å². The molecule has 2 aromatic rings. The summed E-state index contributed by atoms with van der Waals surface area (Å²) in [6, 6.07) is 9.08. The Balaban J connectivity index is 1.59. The van der Waals surface area contributed by atoms with E-state index in [2.05, 4.69) is 10.1 Å². The highest BCUT2D eigenvalue weighted by Crippen LogP contribution is 2.29. The zero-order chi connectivity index (χ0) is 25.6. The van der Waals surface area contributed by atoms with Gasteiger partial charge in [-0.25, -0.2) is 8.42 Å². The molecule has 1 aliphatic rings. The van der Waals surface area contributed by atoms with Gasteiger partial charge in [0.2, 0.25) is 15.9 Å². The van der Waals surface area contributed by atoms with Gasteiger partial charge in [0.25, 0.3) is 0 Å². The lowest BCUT2D eigenvalue weighted by atomic mass is 10.2. The van der Waals surface area contributed by atoms with Crippen molar-refractivity contribution in [1.29, 1.82) is 0 Å². The number of sulfonamides is 1. The van der Waals surface area contributed by atoms with Crippen molar-refractivity contribution in [3.63, 3.8) is 0 Å². The van der Waals surface area contributed by atoms with Crippen LogP contribution in [-0.2, 0) is 14.8 Å². The minimum Gasteiger partial charge on any atom is -0.497 e. The number of nitrogens with one attached hydrogen (secondary N) is 1. The van der Waals surface area contributed by atoms with Crippen LogP contribution in [0.4, 0.5) is 18.9 Å². The first-order chi connectivity index (χ1) is 16.5. The van der Waals surface area contributed by atoms with Crippen LogP contribution in [0.1, 0.15) is 6.42 Å². The molecule has 3 rings (SSSR count). The molecule has 1 N–H and O–H groups in total. The molecule has 0 atom stereocenters. The first-order valence-corrected chi connectivity index (χ1v) is 12.1. The Morgan fingerprint density at radius 1 is 0.971 bits per heavy atom. The number of carbonyl (C=O) groups is 1.